The first-order chi connectivity index (χ1) is 12.1. The lowest BCUT2D eigenvalue weighted by molar-refractivity contribution is -0.125. The van der Waals surface area contributed by atoms with Crippen molar-refractivity contribution in [3.8, 4) is 0 Å². The van der Waals surface area contributed by atoms with Crippen molar-refractivity contribution < 1.29 is 13.2 Å². The molecule has 2 aliphatic heterocycles. The summed E-state index contributed by atoms with van der Waals surface area (Å²) in [4.78, 5) is 14.9. The minimum atomic E-state index is -3.65. The molecule has 1 aromatic carbocycles. The number of sulfonamides is 1. The largest absolute Gasteiger partial charge is 0.352 e. The lowest BCUT2D eigenvalue weighted by Crippen LogP contribution is -2.49. The maximum absolute atomic E-state index is 12.8. The van der Waals surface area contributed by atoms with Gasteiger partial charge in [-0.3, -0.25) is 4.79 Å². The van der Waals surface area contributed by atoms with Crippen LogP contribution in [0, 0.1) is 0 Å². The molecular formula is C18H23N3O3S. The minimum absolute atomic E-state index is 0.00822. The molecule has 7 heteroatoms. The third-order valence-corrected chi connectivity index (χ3v) is 6.72. The summed E-state index contributed by atoms with van der Waals surface area (Å²) in [5.41, 5.74) is 0.611. The second-order valence-electron chi connectivity index (χ2n) is 7.08. The summed E-state index contributed by atoms with van der Waals surface area (Å²) in [6.07, 6.45) is 7.25. The molecule has 0 unspecified atom stereocenters. The fraction of sp³-hybridized carbons (Fsp3) is 0.556. The van der Waals surface area contributed by atoms with Crippen molar-refractivity contribution in [3.63, 3.8) is 0 Å². The number of hydrogen-bond acceptors (Lipinski definition) is 4. The molecule has 2 fully saturated rings. The topological polar surface area (TPSA) is 78.8 Å². The molecule has 1 N–H and O–H groups in total. The van der Waals surface area contributed by atoms with Crippen molar-refractivity contribution in [3.05, 3.63) is 29.8 Å². The third kappa shape index (κ3) is 3.05. The molecule has 134 valence electrons. The van der Waals surface area contributed by atoms with E-state index in [0.29, 0.717) is 17.9 Å². The zero-order chi connectivity index (χ0) is 17.4. The Labute approximate surface area is 148 Å². The first kappa shape index (κ1) is 16.6. The predicted octanol–water partition coefficient (Wildman–Crippen LogP) is 2.05. The van der Waals surface area contributed by atoms with Crippen LogP contribution in [0.15, 0.2) is 33.6 Å². The van der Waals surface area contributed by atoms with E-state index in [1.165, 1.54) is 6.42 Å². The molecule has 2 heterocycles. The van der Waals surface area contributed by atoms with Crippen LogP contribution in [0.5, 0.6) is 0 Å². The first-order valence-electron chi connectivity index (χ1n) is 9.08. The fourth-order valence-electron chi connectivity index (χ4n) is 4.13. The van der Waals surface area contributed by atoms with Crippen LogP contribution in [0.3, 0.4) is 0 Å². The lowest BCUT2D eigenvalue weighted by Gasteiger charge is -2.29. The van der Waals surface area contributed by atoms with E-state index in [1.807, 2.05) is 11.0 Å². The molecule has 0 aromatic heterocycles. The van der Waals surface area contributed by atoms with Crippen LogP contribution in [0.1, 0.15) is 50.5 Å². The molecule has 0 bridgehead atoms. The van der Waals surface area contributed by atoms with Crippen molar-refractivity contribution in [2.24, 2.45) is 4.40 Å². The Morgan fingerprint density at radius 1 is 1.08 bits per heavy atom. The molecule has 1 aromatic rings. The van der Waals surface area contributed by atoms with E-state index in [1.54, 1.807) is 18.2 Å². The molecule has 6 nitrogen and oxygen atoms in total. The van der Waals surface area contributed by atoms with Gasteiger partial charge in [0.05, 0.1) is 0 Å². The number of carbonyl (C=O) groups excluding carboxylic acids is 1. The Kier molecular flexibility index (Phi) is 4.27. The quantitative estimate of drug-likeness (QED) is 0.874. The maximum atomic E-state index is 12.8. The molecule has 1 amide bonds. The van der Waals surface area contributed by atoms with Crippen LogP contribution in [0.2, 0.25) is 0 Å². The van der Waals surface area contributed by atoms with E-state index >= 15 is 0 Å². The Bertz CT molecular complexity index is 813. The summed E-state index contributed by atoms with van der Waals surface area (Å²) in [7, 11) is -3.65. The second kappa shape index (κ2) is 6.44. The number of nitrogens with zero attached hydrogens (tertiary/aromatic N) is 2. The van der Waals surface area contributed by atoms with Crippen molar-refractivity contribution in [1.29, 1.82) is 0 Å². The van der Waals surface area contributed by atoms with Crippen LogP contribution in [0.25, 0.3) is 0 Å². The molecule has 25 heavy (non-hydrogen) atoms. The normalized spacial score (nSPS) is 25.5. The summed E-state index contributed by atoms with van der Waals surface area (Å²) in [6.45, 7) is 0.658. The minimum Gasteiger partial charge on any atom is -0.352 e. The zero-order valence-electron chi connectivity index (χ0n) is 14.1. The number of amides is 1. The van der Waals surface area contributed by atoms with E-state index in [2.05, 4.69) is 9.71 Å². The van der Waals surface area contributed by atoms with Gasteiger partial charge in [0.2, 0.25) is 5.91 Å². The van der Waals surface area contributed by atoms with Gasteiger partial charge in [-0.1, -0.05) is 31.4 Å². The van der Waals surface area contributed by atoms with Crippen molar-refractivity contribution >= 4 is 21.8 Å². The number of fused-ring (bicyclic) bond motifs is 1. The number of nitrogens with one attached hydrogen (secondary N) is 1. The number of likely N-dealkylation sites (tertiary alicyclic amines) is 1. The Hall–Kier alpha value is -1.89. The molecule has 1 saturated heterocycles. The van der Waals surface area contributed by atoms with Gasteiger partial charge in [0.15, 0.2) is 5.84 Å². The SMILES string of the molecule is O=C(NC1CCCCC1)[C@@H]1CCCN1C1=NS(=O)(=O)c2ccccc21. The highest BCUT2D eigenvalue weighted by Gasteiger charge is 2.39. The summed E-state index contributed by atoms with van der Waals surface area (Å²) >= 11 is 0. The molecule has 4 rings (SSSR count). The van der Waals surface area contributed by atoms with Gasteiger partial charge in [-0.05, 0) is 37.8 Å². The molecule has 0 spiro atoms. The van der Waals surface area contributed by atoms with Crippen LogP contribution in [-0.2, 0) is 14.8 Å². The van der Waals surface area contributed by atoms with Gasteiger partial charge in [-0.2, -0.15) is 8.42 Å². The van der Waals surface area contributed by atoms with Gasteiger partial charge in [-0.15, -0.1) is 4.40 Å². The highest BCUT2D eigenvalue weighted by atomic mass is 32.2. The number of rotatable bonds is 2. The summed E-state index contributed by atoms with van der Waals surface area (Å²) in [5, 5.41) is 3.17. The summed E-state index contributed by atoms with van der Waals surface area (Å²) in [6, 6.07) is 6.78. The number of benzene rings is 1. The molecule has 3 aliphatic rings. The molecule has 0 radical (unpaired) electrons. The van der Waals surface area contributed by atoms with Crippen LogP contribution >= 0.6 is 0 Å². The van der Waals surface area contributed by atoms with E-state index in [9.17, 15) is 13.2 Å². The third-order valence-electron chi connectivity index (χ3n) is 5.39. The van der Waals surface area contributed by atoms with Gasteiger partial charge >= 0.3 is 0 Å². The summed E-state index contributed by atoms with van der Waals surface area (Å²) < 4.78 is 28.6. The van der Waals surface area contributed by atoms with E-state index < -0.39 is 10.0 Å². The number of amidine groups is 1. The standard InChI is InChI=1S/C18H23N3O3S/c22-18(19-13-7-2-1-3-8-13)15-10-6-12-21(15)17-14-9-4-5-11-16(14)25(23,24)20-17/h4-5,9,11,13,15H,1-3,6-8,10,12H2,(H,19,22)/t15-/m0/s1. The number of hydrogen-bond donors (Lipinski definition) is 1. The summed E-state index contributed by atoms with van der Waals surface area (Å²) in [5.74, 6) is 0.436. The molecule has 1 aliphatic carbocycles. The van der Waals surface area contributed by atoms with Gasteiger partial charge in [-0.25, -0.2) is 0 Å². The molecule has 1 atom stereocenters. The zero-order valence-corrected chi connectivity index (χ0v) is 15.0. The van der Waals surface area contributed by atoms with E-state index in [-0.39, 0.29) is 22.9 Å². The van der Waals surface area contributed by atoms with Gasteiger partial charge in [0.1, 0.15) is 10.9 Å². The van der Waals surface area contributed by atoms with Crippen molar-refractivity contribution in [2.45, 2.75) is 61.9 Å². The van der Waals surface area contributed by atoms with Crippen LogP contribution in [-0.4, -0.2) is 43.7 Å². The lowest BCUT2D eigenvalue weighted by atomic mass is 9.95. The van der Waals surface area contributed by atoms with E-state index in [4.69, 9.17) is 0 Å². The molecular weight excluding hydrogens is 338 g/mol. The van der Waals surface area contributed by atoms with E-state index in [0.717, 1.165) is 38.5 Å². The van der Waals surface area contributed by atoms with Gasteiger partial charge in [0.25, 0.3) is 10.0 Å². The monoisotopic (exact) mass is 361 g/mol. The van der Waals surface area contributed by atoms with Gasteiger partial charge in [0, 0.05) is 18.2 Å². The average Bonchev–Trinajstić information content (AvgIpc) is 3.19. The Balaban J connectivity index is 1.57. The predicted molar refractivity (Wildman–Crippen MR) is 94.9 cm³/mol. The Morgan fingerprint density at radius 3 is 2.64 bits per heavy atom. The highest BCUT2D eigenvalue weighted by molar-refractivity contribution is 7.90. The van der Waals surface area contributed by atoms with Crippen molar-refractivity contribution in [2.75, 3.05) is 6.54 Å². The second-order valence-corrected chi connectivity index (χ2v) is 8.65. The Morgan fingerprint density at radius 2 is 1.84 bits per heavy atom. The van der Waals surface area contributed by atoms with Crippen molar-refractivity contribution in [1.82, 2.24) is 10.2 Å². The van der Waals surface area contributed by atoms with Gasteiger partial charge < -0.3 is 10.2 Å². The van der Waals surface area contributed by atoms with Crippen LogP contribution < -0.4 is 5.32 Å². The fourth-order valence-corrected chi connectivity index (χ4v) is 5.35. The molecule has 1 saturated carbocycles. The number of carbonyl (C=O) groups is 1. The smallest absolute Gasteiger partial charge is 0.285 e. The highest BCUT2D eigenvalue weighted by Crippen LogP contribution is 2.31. The first-order valence-corrected chi connectivity index (χ1v) is 10.5. The average molecular weight is 361 g/mol. The maximum Gasteiger partial charge on any atom is 0.285 e. The van der Waals surface area contributed by atoms with Crippen LogP contribution in [0.4, 0.5) is 0 Å².